The van der Waals surface area contributed by atoms with Crippen molar-refractivity contribution in [3.63, 3.8) is 0 Å². The second kappa shape index (κ2) is 5.88. The zero-order valence-corrected chi connectivity index (χ0v) is 10.9. The Morgan fingerprint density at radius 2 is 2.31 bits per heavy atom. The largest absolute Gasteiger partial charge is 0.462 e. The number of rotatable bonds is 3. The van der Waals surface area contributed by atoms with Crippen LogP contribution in [-0.2, 0) is 10.6 Å². The molecule has 0 aliphatic heterocycles. The van der Waals surface area contributed by atoms with Gasteiger partial charge in [0.1, 0.15) is 6.07 Å². The van der Waals surface area contributed by atoms with Crippen molar-refractivity contribution in [1.82, 2.24) is 0 Å². The average molecular weight is 303 g/mol. The van der Waals surface area contributed by atoms with E-state index < -0.39 is 5.97 Å². The van der Waals surface area contributed by atoms with E-state index in [9.17, 15) is 4.79 Å². The highest BCUT2D eigenvalue weighted by molar-refractivity contribution is 9.10. The zero-order valence-electron chi connectivity index (χ0n) is 8.59. The Morgan fingerprint density at radius 3 is 2.81 bits per heavy atom. The van der Waals surface area contributed by atoms with Gasteiger partial charge in [0.2, 0.25) is 0 Å². The molecule has 3 nitrogen and oxygen atoms in total. The van der Waals surface area contributed by atoms with Crippen LogP contribution in [0.4, 0.5) is 0 Å². The van der Waals surface area contributed by atoms with Gasteiger partial charge in [0, 0.05) is 10.4 Å². The summed E-state index contributed by atoms with van der Waals surface area (Å²) in [7, 11) is 0. The van der Waals surface area contributed by atoms with Crippen molar-refractivity contribution in [3.8, 4) is 6.07 Å². The fourth-order valence-electron chi connectivity index (χ4n) is 1.21. The van der Waals surface area contributed by atoms with Crippen LogP contribution >= 0.6 is 27.5 Å². The SMILES string of the molecule is CCOC(=O)c1ccc(CCl)c(Br)c1C#N. The molecule has 0 saturated heterocycles. The number of hydrogen-bond acceptors (Lipinski definition) is 3. The molecule has 0 N–H and O–H groups in total. The summed E-state index contributed by atoms with van der Waals surface area (Å²) in [5.41, 5.74) is 1.29. The predicted molar refractivity (Wildman–Crippen MR) is 64.4 cm³/mol. The number of ether oxygens (including phenoxy) is 1. The van der Waals surface area contributed by atoms with Crippen LogP contribution in [0.25, 0.3) is 0 Å². The lowest BCUT2D eigenvalue weighted by Gasteiger charge is -2.08. The van der Waals surface area contributed by atoms with Crippen molar-refractivity contribution in [1.29, 1.82) is 5.26 Å². The number of nitrogens with zero attached hydrogens (tertiary/aromatic N) is 1. The second-order valence-corrected chi connectivity index (χ2v) is 3.99. The smallest absolute Gasteiger partial charge is 0.339 e. The average Bonchev–Trinajstić information content (AvgIpc) is 2.28. The molecule has 0 radical (unpaired) electrons. The number of benzene rings is 1. The van der Waals surface area contributed by atoms with Crippen LogP contribution in [0.1, 0.15) is 28.4 Å². The summed E-state index contributed by atoms with van der Waals surface area (Å²) in [6.07, 6.45) is 0. The lowest BCUT2D eigenvalue weighted by Crippen LogP contribution is -2.08. The summed E-state index contributed by atoms with van der Waals surface area (Å²) in [5, 5.41) is 9.01. The third-order valence-corrected chi connectivity index (χ3v) is 3.17. The molecule has 0 fully saturated rings. The third kappa shape index (κ3) is 2.55. The maximum Gasteiger partial charge on any atom is 0.339 e. The molecule has 0 unspecified atom stereocenters. The van der Waals surface area contributed by atoms with Crippen molar-refractivity contribution in [2.75, 3.05) is 6.61 Å². The summed E-state index contributed by atoms with van der Waals surface area (Å²) in [4.78, 5) is 11.5. The highest BCUT2D eigenvalue weighted by atomic mass is 79.9. The Bertz CT molecular complexity index is 454. The van der Waals surface area contributed by atoms with Gasteiger partial charge in [-0.3, -0.25) is 0 Å². The fraction of sp³-hybridized carbons (Fsp3) is 0.273. The first-order valence-electron chi connectivity index (χ1n) is 4.60. The van der Waals surface area contributed by atoms with Crippen LogP contribution in [0, 0.1) is 11.3 Å². The molecule has 0 atom stereocenters. The Labute approximate surface area is 107 Å². The molecule has 0 aliphatic carbocycles. The maximum atomic E-state index is 11.5. The molecule has 5 heteroatoms. The van der Waals surface area contributed by atoms with Crippen LogP contribution in [0.2, 0.25) is 0 Å². The summed E-state index contributed by atoms with van der Waals surface area (Å²) >= 11 is 8.96. The molecular weight excluding hydrogens is 293 g/mol. The van der Waals surface area contributed by atoms with E-state index in [0.29, 0.717) is 4.47 Å². The van der Waals surface area contributed by atoms with Gasteiger partial charge >= 0.3 is 5.97 Å². The normalized spacial score (nSPS) is 9.62. The van der Waals surface area contributed by atoms with E-state index in [4.69, 9.17) is 21.6 Å². The Kier molecular flexibility index (Phi) is 4.78. The maximum absolute atomic E-state index is 11.5. The van der Waals surface area contributed by atoms with E-state index in [-0.39, 0.29) is 23.6 Å². The van der Waals surface area contributed by atoms with Crippen molar-refractivity contribution in [3.05, 3.63) is 33.3 Å². The molecule has 16 heavy (non-hydrogen) atoms. The topological polar surface area (TPSA) is 50.1 Å². The molecule has 0 amide bonds. The molecule has 1 aromatic carbocycles. The van der Waals surface area contributed by atoms with E-state index in [1.807, 2.05) is 6.07 Å². The monoisotopic (exact) mass is 301 g/mol. The molecule has 0 aromatic heterocycles. The summed E-state index contributed by atoms with van der Waals surface area (Å²) < 4.78 is 5.41. The van der Waals surface area contributed by atoms with Crippen molar-refractivity contribution >= 4 is 33.5 Å². The Balaban J connectivity index is 3.27. The number of esters is 1. The van der Waals surface area contributed by atoms with E-state index in [1.54, 1.807) is 19.1 Å². The standard InChI is InChI=1S/C11H9BrClNO2/c1-2-16-11(15)8-4-3-7(5-13)10(12)9(8)6-14/h3-4H,2,5H2,1H3. The van der Waals surface area contributed by atoms with Crippen LogP contribution < -0.4 is 0 Å². The summed E-state index contributed by atoms with van der Waals surface area (Å²) in [5.74, 6) is -0.223. The summed E-state index contributed by atoms with van der Waals surface area (Å²) in [6, 6.07) is 5.22. The minimum atomic E-state index is -0.499. The molecule has 1 rings (SSSR count). The number of nitriles is 1. The first kappa shape index (κ1) is 13.0. The van der Waals surface area contributed by atoms with Gasteiger partial charge in [-0.15, -0.1) is 11.6 Å². The lowest BCUT2D eigenvalue weighted by molar-refractivity contribution is 0.0526. The number of carbonyl (C=O) groups is 1. The molecule has 0 bridgehead atoms. The van der Waals surface area contributed by atoms with Gasteiger partial charge in [-0.25, -0.2) is 4.79 Å². The summed E-state index contributed by atoms with van der Waals surface area (Å²) in [6.45, 7) is 1.99. The molecular formula is C11H9BrClNO2. The second-order valence-electron chi connectivity index (χ2n) is 2.93. The Hall–Kier alpha value is -1.05. The number of hydrogen-bond donors (Lipinski definition) is 0. The molecule has 0 heterocycles. The van der Waals surface area contributed by atoms with E-state index in [2.05, 4.69) is 15.9 Å². The van der Waals surface area contributed by atoms with E-state index >= 15 is 0 Å². The molecule has 84 valence electrons. The molecule has 1 aromatic rings. The minimum Gasteiger partial charge on any atom is -0.462 e. The number of carbonyl (C=O) groups excluding carboxylic acids is 1. The van der Waals surface area contributed by atoms with Gasteiger partial charge in [-0.05, 0) is 34.5 Å². The van der Waals surface area contributed by atoms with Crippen molar-refractivity contribution in [2.24, 2.45) is 0 Å². The van der Waals surface area contributed by atoms with E-state index in [0.717, 1.165) is 5.56 Å². The molecule has 0 aliphatic rings. The Morgan fingerprint density at radius 1 is 1.62 bits per heavy atom. The minimum absolute atomic E-state index is 0.255. The fourth-order valence-corrected chi connectivity index (χ4v) is 2.17. The number of alkyl halides is 1. The highest BCUT2D eigenvalue weighted by Crippen LogP contribution is 2.26. The van der Waals surface area contributed by atoms with E-state index in [1.165, 1.54) is 0 Å². The van der Waals surface area contributed by atoms with Crippen LogP contribution in [0.5, 0.6) is 0 Å². The van der Waals surface area contributed by atoms with Crippen LogP contribution in [0.15, 0.2) is 16.6 Å². The van der Waals surface area contributed by atoms with Gasteiger partial charge < -0.3 is 4.74 Å². The lowest BCUT2D eigenvalue weighted by atomic mass is 10.1. The first-order chi connectivity index (χ1) is 7.65. The number of halogens is 2. The van der Waals surface area contributed by atoms with Crippen LogP contribution in [-0.4, -0.2) is 12.6 Å². The highest BCUT2D eigenvalue weighted by Gasteiger charge is 2.17. The zero-order chi connectivity index (χ0) is 12.1. The van der Waals surface area contributed by atoms with Gasteiger partial charge in [-0.1, -0.05) is 6.07 Å². The van der Waals surface area contributed by atoms with Gasteiger partial charge in [-0.2, -0.15) is 5.26 Å². The van der Waals surface area contributed by atoms with Gasteiger partial charge in [0.05, 0.1) is 17.7 Å². The first-order valence-corrected chi connectivity index (χ1v) is 5.93. The molecule has 0 spiro atoms. The molecule has 0 saturated carbocycles. The van der Waals surface area contributed by atoms with Gasteiger partial charge in [0.15, 0.2) is 0 Å². The van der Waals surface area contributed by atoms with Crippen LogP contribution in [0.3, 0.4) is 0 Å². The van der Waals surface area contributed by atoms with Crippen molar-refractivity contribution in [2.45, 2.75) is 12.8 Å². The van der Waals surface area contributed by atoms with Crippen molar-refractivity contribution < 1.29 is 9.53 Å². The third-order valence-electron chi connectivity index (χ3n) is 1.97. The predicted octanol–water partition coefficient (Wildman–Crippen LogP) is 3.24. The quantitative estimate of drug-likeness (QED) is 0.636. The van der Waals surface area contributed by atoms with Gasteiger partial charge in [0.25, 0.3) is 0 Å².